The van der Waals surface area contributed by atoms with Crippen LogP contribution in [0.25, 0.3) is 0 Å². The van der Waals surface area contributed by atoms with Gasteiger partial charge in [-0.2, -0.15) is 0 Å². The van der Waals surface area contributed by atoms with Crippen molar-refractivity contribution in [3.05, 3.63) is 71.9 Å². The van der Waals surface area contributed by atoms with Gasteiger partial charge in [0.15, 0.2) is 0 Å². The topological polar surface area (TPSA) is 142 Å². The fraction of sp³-hybridized carbons (Fsp3) is 0.259. The van der Waals surface area contributed by atoms with E-state index >= 15 is 0 Å². The third-order valence-electron chi connectivity index (χ3n) is 5.53. The molecule has 10 nitrogen and oxygen atoms in total. The second kappa shape index (κ2) is 11.9. The van der Waals surface area contributed by atoms with Gasteiger partial charge in [-0.3, -0.25) is 14.9 Å². The number of hydrogen-bond donors (Lipinski definition) is 5. The van der Waals surface area contributed by atoms with Crippen molar-refractivity contribution in [2.75, 3.05) is 29.6 Å². The van der Waals surface area contributed by atoms with Gasteiger partial charge in [0, 0.05) is 30.2 Å². The number of nitrogens with one attached hydrogen (secondary N) is 4. The van der Waals surface area contributed by atoms with Gasteiger partial charge >= 0.3 is 12.0 Å². The molecule has 0 radical (unpaired) electrons. The molecule has 0 spiro atoms. The third kappa shape index (κ3) is 7.44. The average molecular weight is 506 g/mol. The second-order valence-corrected chi connectivity index (χ2v) is 8.97. The van der Waals surface area contributed by atoms with Crippen LogP contribution < -0.4 is 26.0 Å². The van der Waals surface area contributed by atoms with Crippen LogP contribution in [0.4, 0.5) is 27.7 Å². The molecule has 0 aliphatic rings. The van der Waals surface area contributed by atoms with Gasteiger partial charge in [-0.25, -0.2) is 9.78 Å². The summed E-state index contributed by atoms with van der Waals surface area (Å²) in [4.78, 5) is 40.8. The fourth-order valence-electron chi connectivity index (χ4n) is 3.45. The quantitative estimate of drug-likeness (QED) is 0.264. The molecule has 0 saturated carbocycles. The van der Waals surface area contributed by atoms with E-state index in [4.69, 9.17) is 4.74 Å². The van der Waals surface area contributed by atoms with Crippen LogP contribution in [0, 0.1) is 5.41 Å². The van der Waals surface area contributed by atoms with Crippen molar-refractivity contribution in [3.8, 4) is 5.75 Å². The first-order valence-corrected chi connectivity index (χ1v) is 11.7. The highest BCUT2D eigenvalue weighted by Crippen LogP contribution is 2.27. The number of carboxylic acid groups (broad SMARTS) is 1. The van der Waals surface area contributed by atoms with Gasteiger partial charge in [0.25, 0.3) is 5.91 Å². The fourth-order valence-corrected chi connectivity index (χ4v) is 3.45. The van der Waals surface area contributed by atoms with Gasteiger partial charge in [0.2, 0.25) is 0 Å². The van der Waals surface area contributed by atoms with Crippen LogP contribution in [0.2, 0.25) is 0 Å². The lowest BCUT2D eigenvalue weighted by molar-refractivity contribution is -0.146. The molecule has 2 aromatic carbocycles. The predicted octanol–water partition coefficient (Wildman–Crippen LogP) is 4.88. The Hall–Kier alpha value is -4.60. The van der Waals surface area contributed by atoms with Gasteiger partial charge < -0.3 is 25.8 Å². The van der Waals surface area contributed by atoms with E-state index in [1.54, 1.807) is 82.5 Å². The number of ether oxygens (including phenoxy) is 1. The predicted molar refractivity (Wildman–Crippen MR) is 143 cm³/mol. The number of aliphatic carboxylic acids is 1. The van der Waals surface area contributed by atoms with Crippen LogP contribution in [-0.2, 0) is 11.2 Å². The Morgan fingerprint density at radius 2 is 1.62 bits per heavy atom. The lowest BCUT2D eigenvalue weighted by Gasteiger charge is -2.19. The van der Waals surface area contributed by atoms with Gasteiger partial charge in [0.1, 0.15) is 11.6 Å². The monoisotopic (exact) mass is 505 g/mol. The number of pyridine rings is 1. The number of carboxylic acids is 1. The molecule has 10 heteroatoms. The summed E-state index contributed by atoms with van der Waals surface area (Å²) in [7, 11) is 1.58. The number of rotatable bonds is 10. The summed E-state index contributed by atoms with van der Waals surface area (Å²) in [6, 6.07) is 15.3. The number of amides is 3. The molecule has 3 rings (SSSR count). The van der Waals surface area contributed by atoms with Gasteiger partial charge in [-0.15, -0.1) is 0 Å². The summed E-state index contributed by atoms with van der Waals surface area (Å²) in [5.74, 6) is -0.331. The van der Waals surface area contributed by atoms with E-state index in [1.165, 1.54) is 6.20 Å². The Bertz CT molecular complexity index is 1260. The molecule has 1 heterocycles. The van der Waals surface area contributed by atoms with Crippen LogP contribution in [0.3, 0.4) is 0 Å². The molecule has 0 aliphatic carbocycles. The minimum Gasteiger partial charge on any atom is -0.497 e. The van der Waals surface area contributed by atoms with Crippen molar-refractivity contribution < 1.29 is 24.2 Å². The molecule has 0 fully saturated rings. The van der Waals surface area contributed by atoms with E-state index < -0.39 is 23.3 Å². The van der Waals surface area contributed by atoms with E-state index in [2.05, 4.69) is 26.3 Å². The van der Waals surface area contributed by atoms with E-state index in [-0.39, 0.29) is 11.4 Å². The average Bonchev–Trinajstić information content (AvgIpc) is 2.85. The highest BCUT2D eigenvalue weighted by Gasteiger charge is 2.27. The van der Waals surface area contributed by atoms with Crippen LogP contribution in [0.15, 0.2) is 60.8 Å². The van der Waals surface area contributed by atoms with Gasteiger partial charge in [0.05, 0.1) is 23.8 Å². The number of methoxy groups -OCH3 is 1. The van der Waals surface area contributed by atoms with E-state index in [9.17, 15) is 19.5 Å². The number of nitrogens with zero attached hydrogens (tertiary/aromatic N) is 1. The summed E-state index contributed by atoms with van der Waals surface area (Å²) < 4.78 is 5.19. The number of benzene rings is 2. The first-order chi connectivity index (χ1) is 17.6. The summed E-state index contributed by atoms with van der Waals surface area (Å²) in [6.45, 7) is 5.59. The first kappa shape index (κ1) is 27.0. The number of carbonyl (C=O) groups excluding carboxylic acids is 2. The number of hydrogen-bond acceptors (Lipinski definition) is 6. The molecule has 5 N–H and O–H groups in total. The summed E-state index contributed by atoms with van der Waals surface area (Å²) in [6.07, 6.45) is 1.74. The zero-order valence-corrected chi connectivity index (χ0v) is 21.2. The Kier molecular flexibility index (Phi) is 8.68. The van der Waals surface area contributed by atoms with Crippen molar-refractivity contribution in [1.29, 1.82) is 0 Å². The maximum absolute atomic E-state index is 13.2. The summed E-state index contributed by atoms with van der Waals surface area (Å²) in [5, 5.41) is 20.7. The van der Waals surface area contributed by atoms with E-state index in [0.29, 0.717) is 35.8 Å². The first-order valence-electron chi connectivity index (χ1n) is 11.7. The summed E-state index contributed by atoms with van der Waals surface area (Å²) in [5.41, 5.74) is 1.88. The van der Waals surface area contributed by atoms with Gasteiger partial charge in [-0.1, -0.05) is 12.1 Å². The lowest BCUT2D eigenvalue weighted by Crippen LogP contribution is -2.28. The third-order valence-corrected chi connectivity index (χ3v) is 5.53. The molecular formula is C27H31N5O5. The smallest absolute Gasteiger partial charge is 0.320 e. The van der Waals surface area contributed by atoms with Crippen molar-refractivity contribution >= 4 is 40.8 Å². The molecular weight excluding hydrogens is 474 g/mol. The largest absolute Gasteiger partial charge is 0.497 e. The van der Waals surface area contributed by atoms with Crippen molar-refractivity contribution in [2.24, 2.45) is 5.41 Å². The molecule has 1 aromatic heterocycles. The number of anilines is 4. The van der Waals surface area contributed by atoms with E-state index in [1.807, 2.05) is 0 Å². The SMILES string of the molecule is CCNC(=O)Nc1cc(Nc2ccc(OC)cc2)c(C(=O)Nc2ccc(CC(C)(C)C(=O)O)cc2)cn1. The zero-order chi connectivity index (χ0) is 27.0. The molecule has 3 aromatic rings. The standard InChI is InChI=1S/C27H31N5O5/c1-5-28-26(36)32-23-14-22(30-18-10-12-20(37-4)13-11-18)21(16-29-23)24(33)31-19-8-6-17(7-9-19)15-27(2,3)25(34)35/h6-14,16H,5,15H2,1-4H3,(H,31,33)(H,34,35)(H3,28,29,30,32,36). The van der Waals surface area contributed by atoms with Crippen LogP contribution in [0.1, 0.15) is 36.7 Å². The summed E-state index contributed by atoms with van der Waals surface area (Å²) >= 11 is 0. The Balaban J connectivity index is 1.82. The normalized spacial score (nSPS) is 10.8. The van der Waals surface area contributed by atoms with Crippen molar-refractivity contribution in [1.82, 2.24) is 10.3 Å². The maximum atomic E-state index is 13.2. The molecule has 194 valence electrons. The number of carbonyl (C=O) groups is 3. The number of urea groups is 1. The lowest BCUT2D eigenvalue weighted by atomic mass is 9.86. The molecule has 0 bridgehead atoms. The Morgan fingerprint density at radius 3 is 2.22 bits per heavy atom. The Labute approximate surface area is 215 Å². The van der Waals surface area contributed by atoms with Gasteiger partial charge in [-0.05, 0) is 69.2 Å². The molecule has 0 atom stereocenters. The highest BCUT2D eigenvalue weighted by molar-refractivity contribution is 6.08. The molecule has 0 aliphatic heterocycles. The Morgan fingerprint density at radius 1 is 0.973 bits per heavy atom. The second-order valence-electron chi connectivity index (χ2n) is 8.97. The maximum Gasteiger partial charge on any atom is 0.320 e. The minimum atomic E-state index is -0.901. The van der Waals surface area contributed by atoms with E-state index in [0.717, 1.165) is 5.56 Å². The molecule has 37 heavy (non-hydrogen) atoms. The van der Waals surface area contributed by atoms with Crippen molar-refractivity contribution in [2.45, 2.75) is 27.2 Å². The molecule has 0 unspecified atom stereocenters. The zero-order valence-electron chi connectivity index (χ0n) is 21.2. The molecule has 3 amide bonds. The number of aromatic nitrogens is 1. The minimum absolute atomic E-state index is 0.258. The van der Waals surface area contributed by atoms with Crippen LogP contribution in [0.5, 0.6) is 5.75 Å². The van der Waals surface area contributed by atoms with Crippen LogP contribution >= 0.6 is 0 Å². The molecule has 0 saturated heterocycles. The van der Waals surface area contributed by atoms with Crippen molar-refractivity contribution in [3.63, 3.8) is 0 Å². The highest BCUT2D eigenvalue weighted by atomic mass is 16.5. The van der Waals surface area contributed by atoms with Crippen LogP contribution in [-0.4, -0.2) is 41.7 Å².